The molecule has 0 unspecified atom stereocenters. The van der Waals surface area contributed by atoms with Crippen LogP contribution in [-0.2, 0) is 6.54 Å². The Morgan fingerprint density at radius 3 is 2.87 bits per heavy atom. The van der Waals surface area contributed by atoms with Gasteiger partial charge in [-0.05, 0) is 25.3 Å². The summed E-state index contributed by atoms with van der Waals surface area (Å²) in [5.41, 5.74) is 2.44. The topological polar surface area (TPSA) is 59.0 Å². The molecule has 1 aromatic heterocycles. The van der Waals surface area contributed by atoms with Gasteiger partial charge < -0.3 is 5.32 Å². The summed E-state index contributed by atoms with van der Waals surface area (Å²) in [7, 11) is 0. The Morgan fingerprint density at radius 2 is 2.09 bits per heavy atom. The summed E-state index contributed by atoms with van der Waals surface area (Å²) in [6, 6.07) is 10.3. The van der Waals surface area contributed by atoms with E-state index in [0.29, 0.717) is 18.4 Å². The first-order chi connectivity index (χ1) is 11.2. The van der Waals surface area contributed by atoms with Gasteiger partial charge in [0.1, 0.15) is 0 Å². The van der Waals surface area contributed by atoms with E-state index in [-0.39, 0.29) is 6.03 Å². The third-order valence-corrected chi connectivity index (χ3v) is 4.25. The minimum absolute atomic E-state index is 0.155. The summed E-state index contributed by atoms with van der Waals surface area (Å²) in [6.45, 7) is 2.78. The third kappa shape index (κ3) is 4.58. The molecule has 1 aliphatic carbocycles. The Hall–Kier alpha value is -2.30. The lowest BCUT2D eigenvalue weighted by Crippen LogP contribution is -2.39. The summed E-state index contributed by atoms with van der Waals surface area (Å²) in [6.07, 6.45) is 7.73. The van der Waals surface area contributed by atoms with Gasteiger partial charge in [0.05, 0.1) is 6.54 Å². The number of hydrogen-bond donors (Lipinski definition) is 2. The van der Waals surface area contributed by atoms with Gasteiger partial charge in [0.2, 0.25) is 0 Å². The minimum atomic E-state index is -0.155. The van der Waals surface area contributed by atoms with Crippen molar-refractivity contribution in [2.45, 2.75) is 51.6 Å². The predicted molar refractivity (Wildman–Crippen MR) is 91.5 cm³/mol. The molecule has 1 saturated carbocycles. The number of nitrogens with one attached hydrogen (secondary N) is 2. The van der Waals surface area contributed by atoms with Gasteiger partial charge in [-0.3, -0.25) is 10.00 Å². The monoisotopic (exact) mass is 312 g/mol. The van der Waals surface area contributed by atoms with Crippen molar-refractivity contribution in [2.75, 3.05) is 5.32 Å². The fourth-order valence-electron chi connectivity index (χ4n) is 3.10. The molecule has 0 spiro atoms. The Kier molecular flexibility index (Phi) is 4.95. The van der Waals surface area contributed by atoms with Gasteiger partial charge in [0, 0.05) is 18.3 Å². The second-order valence-electron chi connectivity index (χ2n) is 6.32. The molecule has 0 aliphatic heterocycles. The maximum Gasteiger partial charge on any atom is 0.320 e. The number of amides is 2. The van der Waals surface area contributed by atoms with Crippen LogP contribution in [-0.4, -0.2) is 21.9 Å². The molecule has 2 aromatic rings. The van der Waals surface area contributed by atoms with Crippen LogP contribution >= 0.6 is 0 Å². The zero-order chi connectivity index (χ0) is 16.1. The molecule has 1 aliphatic rings. The van der Waals surface area contributed by atoms with E-state index in [1.807, 2.05) is 23.0 Å². The summed E-state index contributed by atoms with van der Waals surface area (Å²) < 4.78 is 1.84. The van der Waals surface area contributed by atoms with Crippen LogP contribution in [0.1, 0.15) is 43.2 Å². The van der Waals surface area contributed by atoms with Gasteiger partial charge in [0.15, 0.2) is 5.82 Å². The molecule has 1 aromatic carbocycles. The van der Waals surface area contributed by atoms with Crippen molar-refractivity contribution >= 4 is 11.8 Å². The smallest absolute Gasteiger partial charge is 0.320 e. The van der Waals surface area contributed by atoms with E-state index in [0.717, 1.165) is 12.8 Å². The van der Waals surface area contributed by atoms with Crippen molar-refractivity contribution in [3.05, 3.63) is 47.7 Å². The largest absolute Gasteiger partial charge is 0.335 e. The van der Waals surface area contributed by atoms with Crippen molar-refractivity contribution in [1.82, 2.24) is 15.1 Å². The molecular weight excluding hydrogens is 288 g/mol. The second-order valence-corrected chi connectivity index (χ2v) is 6.32. The Labute approximate surface area is 137 Å². The van der Waals surface area contributed by atoms with Crippen LogP contribution in [0.2, 0.25) is 0 Å². The molecule has 5 nitrogen and oxygen atoms in total. The molecule has 0 radical (unpaired) electrons. The quantitative estimate of drug-likeness (QED) is 0.904. The van der Waals surface area contributed by atoms with Crippen molar-refractivity contribution < 1.29 is 4.79 Å². The molecule has 2 N–H and O–H groups in total. The van der Waals surface area contributed by atoms with E-state index in [1.54, 1.807) is 0 Å². The normalized spacial score (nSPS) is 15.3. The maximum atomic E-state index is 12.0. The molecule has 3 rings (SSSR count). The first-order valence-electron chi connectivity index (χ1n) is 8.35. The number of carbonyl (C=O) groups excluding carboxylic acids is 1. The van der Waals surface area contributed by atoms with Crippen LogP contribution in [0.4, 0.5) is 10.6 Å². The van der Waals surface area contributed by atoms with Crippen molar-refractivity contribution in [1.29, 1.82) is 0 Å². The number of nitrogens with zero attached hydrogens (tertiary/aromatic N) is 2. The highest BCUT2D eigenvalue weighted by atomic mass is 16.2. The van der Waals surface area contributed by atoms with Crippen LogP contribution in [0.3, 0.4) is 0 Å². The zero-order valence-corrected chi connectivity index (χ0v) is 13.6. The van der Waals surface area contributed by atoms with Gasteiger partial charge in [-0.2, -0.15) is 5.10 Å². The SMILES string of the molecule is Cc1cccc(Cn2ccc(NC(=O)NC3CCCCC3)n2)c1. The van der Waals surface area contributed by atoms with Gasteiger partial charge >= 0.3 is 6.03 Å². The molecule has 5 heteroatoms. The molecule has 1 heterocycles. The highest BCUT2D eigenvalue weighted by molar-refractivity contribution is 5.88. The lowest BCUT2D eigenvalue weighted by Gasteiger charge is -2.22. The fourth-order valence-corrected chi connectivity index (χ4v) is 3.10. The molecule has 0 atom stereocenters. The number of benzene rings is 1. The Morgan fingerprint density at radius 1 is 1.26 bits per heavy atom. The first kappa shape index (κ1) is 15.6. The predicted octanol–water partition coefficient (Wildman–Crippen LogP) is 3.69. The summed E-state index contributed by atoms with van der Waals surface area (Å²) in [4.78, 5) is 12.0. The van der Waals surface area contributed by atoms with E-state index in [4.69, 9.17) is 0 Å². The van der Waals surface area contributed by atoms with Crippen molar-refractivity contribution in [3.63, 3.8) is 0 Å². The third-order valence-electron chi connectivity index (χ3n) is 4.25. The van der Waals surface area contributed by atoms with Gasteiger partial charge in [-0.25, -0.2) is 4.79 Å². The standard InChI is InChI=1S/C18H24N4O/c1-14-6-5-7-15(12-14)13-22-11-10-17(21-22)20-18(23)19-16-8-3-2-4-9-16/h5-7,10-12,16H,2-4,8-9,13H2,1H3,(H2,19,20,21,23). The number of hydrogen-bond acceptors (Lipinski definition) is 2. The highest BCUT2D eigenvalue weighted by Crippen LogP contribution is 2.17. The zero-order valence-electron chi connectivity index (χ0n) is 13.6. The fraction of sp³-hybridized carbons (Fsp3) is 0.444. The van der Waals surface area contributed by atoms with E-state index in [1.165, 1.54) is 30.4 Å². The van der Waals surface area contributed by atoms with Crippen LogP contribution < -0.4 is 10.6 Å². The van der Waals surface area contributed by atoms with Crippen LogP contribution in [0.25, 0.3) is 0 Å². The maximum absolute atomic E-state index is 12.0. The van der Waals surface area contributed by atoms with Crippen LogP contribution in [0, 0.1) is 6.92 Å². The number of rotatable bonds is 4. The number of urea groups is 1. The van der Waals surface area contributed by atoms with Gasteiger partial charge in [0.25, 0.3) is 0 Å². The van der Waals surface area contributed by atoms with Crippen LogP contribution in [0.15, 0.2) is 36.5 Å². The van der Waals surface area contributed by atoms with E-state index >= 15 is 0 Å². The highest BCUT2D eigenvalue weighted by Gasteiger charge is 2.16. The van der Waals surface area contributed by atoms with E-state index in [2.05, 4.69) is 40.9 Å². The van der Waals surface area contributed by atoms with Gasteiger partial charge in [-0.1, -0.05) is 49.1 Å². The number of anilines is 1. The lowest BCUT2D eigenvalue weighted by molar-refractivity contribution is 0.244. The second kappa shape index (κ2) is 7.31. The summed E-state index contributed by atoms with van der Waals surface area (Å²) >= 11 is 0. The average Bonchev–Trinajstić information content (AvgIpc) is 2.95. The van der Waals surface area contributed by atoms with E-state index in [9.17, 15) is 4.79 Å². The first-order valence-corrected chi connectivity index (χ1v) is 8.35. The lowest BCUT2D eigenvalue weighted by atomic mass is 9.96. The van der Waals surface area contributed by atoms with Crippen molar-refractivity contribution in [3.8, 4) is 0 Å². The van der Waals surface area contributed by atoms with Crippen molar-refractivity contribution in [2.24, 2.45) is 0 Å². The van der Waals surface area contributed by atoms with E-state index < -0.39 is 0 Å². The molecule has 2 amide bonds. The molecule has 0 saturated heterocycles. The minimum Gasteiger partial charge on any atom is -0.335 e. The Balaban J connectivity index is 1.53. The van der Waals surface area contributed by atoms with Gasteiger partial charge in [-0.15, -0.1) is 0 Å². The molecule has 0 bridgehead atoms. The molecule has 1 fully saturated rings. The molecule has 23 heavy (non-hydrogen) atoms. The summed E-state index contributed by atoms with van der Waals surface area (Å²) in [5, 5.41) is 10.3. The number of aryl methyl sites for hydroxylation is 1. The molecular formula is C18H24N4O. The summed E-state index contributed by atoms with van der Waals surface area (Å²) in [5.74, 6) is 0.589. The number of aromatic nitrogens is 2. The Bertz CT molecular complexity index is 659. The molecule has 122 valence electrons. The average molecular weight is 312 g/mol. The number of carbonyl (C=O) groups is 1. The van der Waals surface area contributed by atoms with Crippen LogP contribution in [0.5, 0.6) is 0 Å².